The molecule has 0 spiro atoms. The minimum Gasteiger partial charge on any atom is -0.492 e. The molecule has 6 rings (SSSR count). The molecule has 2 aromatic heterocycles. The van der Waals surface area contributed by atoms with Gasteiger partial charge >= 0.3 is 0 Å². The summed E-state index contributed by atoms with van der Waals surface area (Å²) >= 11 is 0. The normalized spacial score (nSPS) is 15.2. The van der Waals surface area contributed by atoms with Crippen molar-refractivity contribution in [3.8, 4) is 22.8 Å². The molecule has 0 amide bonds. The van der Waals surface area contributed by atoms with Crippen molar-refractivity contribution in [3.63, 3.8) is 0 Å². The summed E-state index contributed by atoms with van der Waals surface area (Å²) < 4.78 is 7.49. The van der Waals surface area contributed by atoms with Crippen LogP contribution >= 0.6 is 0 Å². The Morgan fingerprint density at radius 2 is 1.79 bits per heavy atom. The topological polar surface area (TPSA) is 107 Å². The number of nitrogens with two attached hydrogens (primary N) is 1. The molecule has 3 N–H and O–H groups in total. The number of nitrogens with one attached hydrogen (secondary N) is 1. The van der Waals surface area contributed by atoms with Crippen molar-refractivity contribution in [2.45, 2.75) is 51.0 Å². The highest BCUT2D eigenvalue weighted by Gasteiger charge is 2.20. The second-order valence-electron chi connectivity index (χ2n) is 10.2. The molecule has 0 unspecified atom stereocenters. The van der Waals surface area contributed by atoms with Crippen LogP contribution in [0, 0.1) is 0 Å². The number of hydrogen-bond acceptors (Lipinski definition) is 8. The van der Waals surface area contributed by atoms with Gasteiger partial charge in [0.25, 0.3) is 0 Å². The molecule has 2 aliphatic carbocycles. The molecule has 2 aromatic carbocycles. The van der Waals surface area contributed by atoms with Gasteiger partial charge in [0.1, 0.15) is 12.4 Å². The maximum absolute atomic E-state index is 6.22. The Bertz CT molecular complexity index is 1390. The van der Waals surface area contributed by atoms with Gasteiger partial charge in [-0.25, -0.2) is 0 Å². The summed E-state index contributed by atoms with van der Waals surface area (Å²) in [5.74, 6) is 2.06. The van der Waals surface area contributed by atoms with Gasteiger partial charge in [0.15, 0.2) is 5.82 Å². The molecule has 0 saturated heterocycles. The Kier molecular flexibility index (Phi) is 6.92. The number of likely N-dealkylation sites (N-methyl/N-ethyl adjacent to an activating group) is 1. The lowest BCUT2D eigenvalue weighted by atomic mass is 10.0. The summed E-state index contributed by atoms with van der Waals surface area (Å²) in [6.07, 6.45) is 8.32. The van der Waals surface area contributed by atoms with E-state index in [-0.39, 0.29) is 5.95 Å². The third-order valence-electron chi connectivity index (χ3n) is 7.65. The van der Waals surface area contributed by atoms with Gasteiger partial charge in [-0.05, 0) is 80.6 Å². The number of fused-ring (bicyclic) bond motifs is 3. The molecule has 0 atom stereocenters. The number of ether oxygens (including phenoxy) is 1. The molecule has 4 aromatic rings. The fourth-order valence-electron chi connectivity index (χ4n) is 5.52. The molecule has 2 aliphatic rings. The van der Waals surface area contributed by atoms with E-state index in [1.165, 1.54) is 35.9 Å². The third-order valence-corrected chi connectivity index (χ3v) is 7.65. The van der Waals surface area contributed by atoms with Crippen LogP contribution in [0.2, 0.25) is 0 Å². The smallest absolute Gasteiger partial charge is 0.248 e. The second kappa shape index (κ2) is 10.8. The van der Waals surface area contributed by atoms with Crippen LogP contribution < -0.4 is 15.8 Å². The number of rotatable bonds is 8. The highest BCUT2D eigenvalue weighted by Crippen LogP contribution is 2.31. The minimum atomic E-state index is 0.252. The summed E-state index contributed by atoms with van der Waals surface area (Å²) in [4.78, 5) is 6.81. The number of nitrogens with zero attached hydrogens (tertiary/aromatic N) is 6. The van der Waals surface area contributed by atoms with Crippen LogP contribution in [0.4, 0.5) is 17.6 Å². The number of benzene rings is 2. The van der Waals surface area contributed by atoms with Crippen molar-refractivity contribution in [2.24, 2.45) is 0 Å². The van der Waals surface area contributed by atoms with E-state index in [9.17, 15) is 0 Å². The first kappa shape index (κ1) is 24.4. The van der Waals surface area contributed by atoms with Gasteiger partial charge in [-0.2, -0.15) is 9.67 Å². The van der Waals surface area contributed by atoms with E-state index >= 15 is 0 Å². The van der Waals surface area contributed by atoms with Crippen molar-refractivity contribution in [3.05, 3.63) is 65.7 Å². The molecule has 1 fully saturated rings. The third kappa shape index (κ3) is 5.19. The van der Waals surface area contributed by atoms with Gasteiger partial charge in [-0.3, -0.25) is 0 Å². The lowest BCUT2D eigenvalue weighted by Gasteiger charge is -2.23. The van der Waals surface area contributed by atoms with Gasteiger partial charge in [0.05, 0.1) is 5.69 Å². The Balaban J connectivity index is 1.11. The van der Waals surface area contributed by atoms with Crippen LogP contribution in [0.3, 0.4) is 0 Å². The van der Waals surface area contributed by atoms with Gasteiger partial charge in [0.2, 0.25) is 11.9 Å². The van der Waals surface area contributed by atoms with Gasteiger partial charge in [0, 0.05) is 23.8 Å². The van der Waals surface area contributed by atoms with Crippen LogP contribution in [0.1, 0.15) is 43.2 Å². The minimum absolute atomic E-state index is 0.252. The van der Waals surface area contributed by atoms with Crippen molar-refractivity contribution in [2.75, 3.05) is 31.2 Å². The molecule has 196 valence electrons. The predicted octanol–water partition coefficient (Wildman–Crippen LogP) is 4.79. The van der Waals surface area contributed by atoms with Gasteiger partial charge < -0.3 is 20.7 Å². The van der Waals surface area contributed by atoms with Crippen LogP contribution in [0.5, 0.6) is 5.75 Å². The van der Waals surface area contributed by atoms with E-state index in [0.29, 0.717) is 24.4 Å². The molecular formula is C29H34N8O. The van der Waals surface area contributed by atoms with Crippen molar-refractivity contribution < 1.29 is 4.74 Å². The molecule has 0 aliphatic heterocycles. The quantitative estimate of drug-likeness (QED) is 0.348. The fraction of sp³-hybridized carbons (Fsp3) is 0.379. The van der Waals surface area contributed by atoms with Gasteiger partial charge in [-0.15, -0.1) is 15.3 Å². The van der Waals surface area contributed by atoms with E-state index in [4.69, 9.17) is 10.5 Å². The van der Waals surface area contributed by atoms with Crippen molar-refractivity contribution in [1.29, 1.82) is 0 Å². The zero-order valence-electron chi connectivity index (χ0n) is 21.8. The average molecular weight is 511 g/mol. The highest BCUT2D eigenvalue weighted by atomic mass is 16.5. The molecule has 0 bridgehead atoms. The zero-order valence-corrected chi connectivity index (χ0v) is 21.8. The maximum Gasteiger partial charge on any atom is 0.248 e. The molecule has 9 heteroatoms. The standard InChI is InChI=1S/C29H34N8O/c1-36(23-10-3-4-11-23)17-18-38-24-15-13-22(14-16-24)31-29-32-28(30)37(35-29)26-19-21-9-6-8-20-7-2-5-12-25(20)27(21)34-33-26/h2,5,7,12-16,19,23H,3-4,6,8-11,17-18H2,1H3,(H3,30,31,32,35). The number of aromatic nitrogens is 5. The lowest BCUT2D eigenvalue weighted by Crippen LogP contribution is -2.32. The first-order valence-corrected chi connectivity index (χ1v) is 13.5. The van der Waals surface area contributed by atoms with Gasteiger partial charge in [-0.1, -0.05) is 37.1 Å². The maximum atomic E-state index is 6.22. The Hall–Kier alpha value is -3.98. The van der Waals surface area contributed by atoms with E-state index in [2.05, 4.69) is 55.7 Å². The Morgan fingerprint density at radius 3 is 2.63 bits per heavy atom. The average Bonchev–Trinajstić information content (AvgIpc) is 3.56. The van der Waals surface area contributed by atoms with Crippen LogP contribution in [0.15, 0.2) is 54.6 Å². The highest BCUT2D eigenvalue weighted by molar-refractivity contribution is 5.68. The predicted molar refractivity (Wildman–Crippen MR) is 149 cm³/mol. The van der Waals surface area contributed by atoms with E-state index < -0.39 is 0 Å². The zero-order chi connectivity index (χ0) is 25.9. The summed E-state index contributed by atoms with van der Waals surface area (Å²) in [7, 11) is 2.19. The van der Waals surface area contributed by atoms with Crippen molar-refractivity contribution in [1.82, 2.24) is 29.9 Å². The summed E-state index contributed by atoms with van der Waals surface area (Å²) in [6.45, 7) is 1.61. The molecule has 0 radical (unpaired) electrons. The summed E-state index contributed by atoms with van der Waals surface area (Å²) in [6, 6.07) is 18.9. The van der Waals surface area contributed by atoms with E-state index in [0.717, 1.165) is 54.1 Å². The van der Waals surface area contributed by atoms with E-state index in [1.807, 2.05) is 36.4 Å². The molecule has 2 heterocycles. The lowest BCUT2D eigenvalue weighted by molar-refractivity contribution is 0.193. The molecule has 38 heavy (non-hydrogen) atoms. The molecule has 1 saturated carbocycles. The Labute approximate surface area is 223 Å². The largest absolute Gasteiger partial charge is 0.492 e. The molecule has 9 nitrogen and oxygen atoms in total. The van der Waals surface area contributed by atoms with E-state index in [1.54, 1.807) is 0 Å². The van der Waals surface area contributed by atoms with Crippen LogP contribution in [-0.2, 0) is 12.8 Å². The van der Waals surface area contributed by atoms with Crippen molar-refractivity contribution >= 4 is 17.6 Å². The van der Waals surface area contributed by atoms with Crippen LogP contribution in [-0.4, -0.2) is 56.1 Å². The number of hydrogen-bond donors (Lipinski definition) is 2. The second-order valence-corrected chi connectivity index (χ2v) is 10.2. The van der Waals surface area contributed by atoms with Crippen LogP contribution in [0.25, 0.3) is 17.1 Å². The number of aryl methyl sites for hydroxylation is 2. The first-order chi connectivity index (χ1) is 18.6. The Morgan fingerprint density at radius 1 is 1.00 bits per heavy atom. The SMILES string of the molecule is CN(CCOc1ccc(Nc2nc(N)n(-c3cc4c(nn3)-c3ccccc3CCC4)n2)cc1)C1CCCC1. The number of nitrogen functional groups attached to an aromatic ring is 1. The first-order valence-electron chi connectivity index (χ1n) is 13.5. The summed E-state index contributed by atoms with van der Waals surface area (Å²) in [5, 5.41) is 16.8. The summed E-state index contributed by atoms with van der Waals surface area (Å²) in [5.41, 5.74) is 11.6. The number of anilines is 3. The monoisotopic (exact) mass is 510 g/mol. The molecular weight excluding hydrogens is 476 g/mol. The fourth-order valence-corrected chi connectivity index (χ4v) is 5.52.